The summed E-state index contributed by atoms with van der Waals surface area (Å²) in [6.45, 7) is 2.95. The summed E-state index contributed by atoms with van der Waals surface area (Å²) < 4.78 is 5.59. The van der Waals surface area contributed by atoms with Crippen LogP contribution in [0.25, 0.3) is 0 Å². The van der Waals surface area contributed by atoms with Crippen molar-refractivity contribution in [1.82, 2.24) is 5.32 Å². The molecule has 1 fully saturated rings. The maximum absolute atomic E-state index is 6.19. The van der Waals surface area contributed by atoms with Gasteiger partial charge in [0.15, 0.2) is 0 Å². The van der Waals surface area contributed by atoms with Gasteiger partial charge in [-0.15, -0.1) is 0 Å². The van der Waals surface area contributed by atoms with Crippen molar-refractivity contribution in [3.63, 3.8) is 0 Å². The Balaban J connectivity index is 1.99. The third-order valence-electron chi connectivity index (χ3n) is 3.85. The highest BCUT2D eigenvalue weighted by Gasteiger charge is 2.36. The molecule has 1 saturated carbocycles. The zero-order valence-corrected chi connectivity index (χ0v) is 12.3. The minimum Gasteiger partial charge on any atom is -0.377 e. The number of hydrogen-bond acceptors (Lipinski definition) is 2. The Labute approximate surface area is 119 Å². The lowest BCUT2D eigenvalue weighted by molar-refractivity contribution is -0.0706. The Bertz CT molecular complexity index is 413. The molecule has 1 N–H and O–H groups in total. The van der Waals surface area contributed by atoms with Crippen LogP contribution in [0, 0.1) is 0 Å². The fourth-order valence-corrected chi connectivity index (χ4v) is 2.78. The van der Waals surface area contributed by atoms with E-state index in [4.69, 9.17) is 27.9 Å². The van der Waals surface area contributed by atoms with Gasteiger partial charge in [-0.05, 0) is 49.9 Å². The molecule has 1 aromatic carbocycles. The normalized spacial score (nSPS) is 19.3. The van der Waals surface area contributed by atoms with Crippen molar-refractivity contribution < 1.29 is 4.74 Å². The average molecular weight is 288 g/mol. The first kappa shape index (κ1) is 14.1. The molecular formula is C14H19Cl2NO. The molecule has 18 heavy (non-hydrogen) atoms. The predicted molar refractivity (Wildman–Crippen MR) is 76.5 cm³/mol. The molecule has 0 spiro atoms. The zero-order chi connectivity index (χ0) is 13.2. The van der Waals surface area contributed by atoms with Gasteiger partial charge >= 0.3 is 0 Å². The molecule has 0 aromatic heterocycles. The molecular weight excluding hydrogens is 269 g/mol. The summed E-state index contributed by atoms with van der Waals surface area (Å²) in [6.07, 6.45) is 3.51. The van der Waals surface area contributed by atoms with E-state index in [2.05, 4.69) is 12.2 Å². The number of halogens is 2. The van der Waals surface area contributed by atoms with Crippen LogP contribution in [-0.4, -0.2) is 19.3 Å². The van der Waals surface area contributed by atoms with Crippen molar-refractivity contribution in [2.45, 2.75) is 37.8 Å². The topological polar surface area (TPSA) is 21.3 Å². The molecule has 1 aliphatic rings. The van der Waals surface area contributed by atoms with Crippen molar-refractivity contribution in [3.8, 4) is 0 Å². The lowest BCUT2D eigenvalue weighted by atomic mass is 9.80. The first-order valence-electron chi connectivity index (χ1n) is 6.30. The first-order valence-corrected chi connectivity index (χ1v) is 7.05. The minimum atomic E-state index is 0.0271. The molecule has 0 radical (unpaired) electrons. The number of nitrogens with one attached hydrogen (secondary N) is 1. The smallest absolute Gasteiger partial charge is 0.0802 e. The second-order valence-corrected chi connectivity index (χ2v) is 5.85. The van der Waals surface area contributed by atoms with E-state index in [1.54, 1.807) is 7.11 Å². The highest BCUT2D eigenvalue weighted by Crippen LogP contribution is 2.35. The fourth-order valence-electron chi connectivity index (χ4n) is 2.32. The van der Waals surface area contributed by atoms with Crippen LogP contribution in [0.1, 0.15) is 37.8 Å². The Morgan fingerprint density at radius 1 is 1.39 bits per heavy atom. The van der Waals surface area contributed by atoms with E-state index in [0.717, 1.165) is 30.0 Å². The molecule has 2 rings (SSSR count). The van der Waals surface area contributed by atoms with Crippen LogP contribution in [0.2, 0.25) is 10.0 Å². The van der Waals surface area contributed by atoms with E-state index >= 15 is 0 Å². The van der Waals surface area contributed by atoms with Crippen molar-refractivity contribution in [3.05, 3.63) is 33.8 Å². The first-order chi connectivity index (χ1) is 8.56. The van der Waals surface area contributed by atoms with Crippen LogP contribution in [0.4, 0.5) is 0 Å². The third-order valence-corrected chi connectivity index (χ3v) is 4.43. The second kappa shape index (κ2) is 5.79. The second-order valence-electron chi connectivity index (χ2n) is 5.01. The number of ether oxygens (including phenoxy) is 1. The number of hydrogen-bond donors (Lipinski definition) is 1. The Kier molecular flexibility index (Phi) is 4.54. The molecule has 0 bridgehead atoms. The largest absolute Gasteiger partial charge is 0.377 e. The van der Waals surface area contributed by atoms with E-state index in [1.165, 1.54) is 6.42 Å². The van der Waals surface area contributed by atoms with Gasteiger partial charge in [-0.25, -0.2) is 0 Å². The molecule has 2 nitrogen and oxygen atoms in total. The van der Waals surface area contributed by atoms with Gasteiger partial charge < -0.3 is 10.1 Å². The molecule has 1 atom stereocenters. The predicted octanol–water partition coefficient (Wildman–Crippen LogP) is 4.21. The van der Waals surface area contributed by atoms with Gasteiger partial charge in [-0.3, -0.25) is 0 Å². The van der Waals surface area contributed by atoms with Crippen molar-refractivity contribution in [1.29, 1.82) is 0 Å². The van der Waals surface area contributed by atoms with Gasteiger partial charge in [-0.2, -0.15) is 0 Å². The fraction of sp³-hybridized carbons (Fsp3) is 0.571. The number of methoxy groups -OCH3 is 1. The summed E-state index contributed by atoms with van der Waals surface area (Å²) in [4.78, 5) is 0. The number of benzene rings is 1. The van der Waals surface area contributed by atoms with Crippen molar-refractivity contribution >= 4 is 23.2 Å². The molecule has 0 heterocycles. The van der Waals surface area contributed by atoms with E-state index in [9.17, 15) is 0 Å². The van der Waals surface area contributed by atoms with E-state index in [-0.39, 0.29) is 11.6 Å². The average Bonchev–Trinajstić information content (AvgIpc) is 2.31. The summed E-state index contributed by atoms with van der Waals surface area (Å²) in [5.74, 6) is 0. The quantitative estimate of drug-likeness (QED) is 0.876. The van der Waals surface area contributed by atoms with Crippen LogP contribution in [0.15, 0.2) is 18.2 Å². The van der Waals surface area contributed by atoms with Crippen LogP contribution in [-0.2, 0) is 4.74 Å². The molecule has 0 aliphatic heterocycles. The van der Waals surface area contributed by atoms with Crippen molar-refractivity contribution in [2.75, 3.05) is 13.7 Å². The summed E-state index contributed by atoms with van der Waals surface area (Å²) in [7, 11) is 1.79. The summed E-state index contributed by atoms with van der Waals surface area (Å²) in [5, 5.41) is 4.96. The molecule has 0 saturated heterocycles. The van der Waals surface area contributed by atoms with E-state index in [1.807, 2.05) is 18.2 Å². The van der Waals surface area contributed by atoms with Gasteiger partial charge in [0.25, 0.3) is 0 Å². The Morgan fingerprint density at radius 3 is 2.67 bits per heavy atom. The molecule has 1 aliphatic carbocycles. The standard InChI is InChI=1S/C14H19Cl2NO/c1-10(12-8-11(15)4-5-13(12)16)17-9-14(18-2)6-3-7-14/h4-5,8,10,17H,3,6-7,9H2,1-2H3. The molecule has 100 valence electrons. The highest BCUT2D eigenvalue weighted by atomic mass is 35.5. The van der Waals surface area contributed by atoms with Crippen LogP contribution >= 0.6 is 23.2 Å². The van der Waals surface area contributed by atoms with Gasteiger partial charge in [0, 0.05) is 29.7 Å². The summed E-state index contributed by atoms with van der Waals surface area (Å²) in [5.41, 5.74) is 1.06. The molecule has 1 unspecified atom stereocenters. The Hall–Kier alpha value is -0.280. The van der Waals surface area contributed by atoms with Gasteiger partial charge in [0.2, 0.25) is 0 Å². The maximum atomic E-state index is 6.19. The van der Waals surface area contributed by atoms with Crippen LogP contribution < -0.4 is 5.32 Å². The highest BCUT2D eigenvalue weighted by molar-refractivity contribution is 6.33. The zero-order valence-electron chi connectivity index (χ0n) is 10.8. The third kappa shape index (κ3) is 3.00. The SMILES string of the molecule is COC1(CNC(C)c2cc(Cl)ccc2Cl)CCC1. The van der Waals surface area contributed by atoms with Crippen LogP contribution in [0.5, 0.6) is 0 Å². The minimum absolute atomic E-state index is 0.0271. The molecule has 1 aromatic rings. The molecule has 4 heteroatoms. The maximum Gasteiger partial charge on any atom is 0.0802 e. The number of rotatable bonds is 5. The summed E-state index contributed by atoms with van der Waals surface area (Å²) in [6, 6.07) is 5.74. The molecule has 0 amide bonds. The lowest BCUT2D eigenvalue weighted by Crippen LogP contribution is -2.48. The van der Waals surface area contributed by atoms with Crippen molar-refractivity contribution in [2.24, 2.45) is 0 Å². The van der Waals surface area contributed by atoms with E-state index < -0.39 is 0 Å². The van der Waals surface area contributed by atoms with Gasteiger partial charge in [0.1, 0.15) is 0 Å². The monoisotopic (exact) mass is 287 g/mol. The summed E-state index contributed by atoms with van der Waals surface area (Å²) >= 11 is 12.2. The lowest BCUT2D eigenvalue weighted by Gasteiger charge is -2.41. The Morgan fingerprint density at radius 2 is 2.11 bits per heavy atom. The van der Waals surface area contributed by atoms with E-state index in [0.29, 0.717) is 5.02 Å². The van der Waals surface area contributed by atoms with Crippen LogP contribution in [0.3, 0.4) is 0 Å². The van der Waals surface area contributed by atoms with Gasteiger partial charge in [0.05, 0.1) is 5.60 Å². The van der Waals surface area contributed by atoms with Gasteiger partial charge in [-0.1, -0.05) is 23.2 Å².